The minimum atomic E-state index is 0.498. The van der Waals surface area contributed by atoms with Crippen molar-refractivity contribution >= 4 is 6.08 Å². The molecule has 0 spiro atoms. The number of hydrogen-bond acceptors (Lipinski definition) is 4. The molecule has 0 unspecified atom stereocenters. The van der Waals surface area contributed by atoms with E-state index >= 15 is 0 Å². The zero-order chi connectivity index (χ0) is 13.9. The monoisotopic (exact) mass is 264 g/mol. The van der Waals surface area contributed by atoms with Gasteiger partial charge in [0.1, 0.15) is 0 Å². The Hall–Kier alpha value is -1.58. The molecule has 106 valence electrons. The average molecular weight is 264 g/mol. The van der Waals surface area contributed by atoms with Crippen molar-refractivity contribution in [1.82, 2.24) is 10.2 Å². The first-order valence-electron chi connectivity index (χ1n) is 7.07. The van der Waals surface area contributed by atoms with E-state index in [-0.39, 0.29) is 0 Å². The lowest BCUT2D eigenvalue weighted by Crippen LogP contribution is -2.05. The van der Waals surface area contributed by atoms with Crippen LogP contribution in [0.2, 0.25) is 0 Å². The molecule has 0 atom stereocenters. The van der Waals surface area contributed by atoms with E-state index in [2.05, 4.69) is 24.0 Å². The highest BCUT2D eigenvalue weighted by atomic mass is 16.5. The second-order valence-electron chi connectivity index (χ2n) is 4.34. The maximum Gasteiger partial charge on any atom is 0.276 e. The molecule has 0 bridgehead atoms. The van der Waals surface area contributed by atoms with Gasteiger partial charge in [0, 0.05) is 6.07 Å². The highest BCUT2D eigenvalue weighted by Crippen LogP contribution is 2.25. The largest absolute Gasteiger partial charge is 0.488 e. The van der Waals surface area contributed by atoms with Crippen LogP contribution in [-0.4, -0.2) is 23.4 Å². The number of ether oxygens (including phenoxy) is 2. The van der Waals surface area contributed by atoms with E-state index in [4.69, 9.17) is 9.47 Å². The molecule has 19 heavy (non-hydrogen) atoms. The molecule has 0 aromatic carbocycles. The molecule has 0 saturated heterocycles. The Morgan fingerprint density at radius 3 is 2.37 bits per heavy atom. The minimum Gasteiger partial charge on any atom is -0.488 e. The summed E-state index contributed by atoms with van der Waals surface area (Å²) in [4.78, 5) is 0. The molecule has 0 aliphatic rings. The number of hydrogen-bond donors (Lipinski definition) is 0. The molecule has 4 heteroatoms. The zero-order valence-corrected chi connectivity index (χ0v) is 12.2. The van der Waals surface area contributed by atoms with Crippen LogP contribution in [0.3, 0.4) is 0 Å². The van der Waals surface area contributed by atoms with E-state index in [1.54, 1.807) is 0 Å². The Kier molecular flexibility index (Phi) is 7.63. The van der Waals surface area contributed by atoms with Gasteiger partial charge in [-0.25, -0.2) is 0 Å². The maximum atomic E-state index is 5.73. The van der Waals surface area contributed by atoms with Crippen LogP contribution in [0.1, 0.15) is 52.1 Å². The van der Waals surface area contributed by atoms with E-state index < -0.39 is 0 Å². The number of nitrogens with zero attached hydrogens (tertiary/aromatic N) is 2. The van der Waals surface area contributed by atoms with Crippen LogP contribution in [0.25, 0.3) is 6.08 Å². The first kappa shape index (κ1) is 15.5. The van der Waals surface area contributed by atoms with Gasteiger partial charge in [0.2, 0.25) is 0 Å². The minimum absolute atomic E-state index is 0.498. The van der Waals surface area contributed by atoms with Gasteiger partial charge in [0.25, 0.3) is 5.88 Å². The number of aromatic nitrogens is 2. The van der Waals surface area contributed by atoms with Gasteiger partial charge in [-0.05, 0) is 25.8 Å². The summed E-state index contributed by atoms with van der Waals surface area (Å²) in [7, 11) is 0. The predicted octanol–water partition coefficient (Wildman–Crippen LogP) is 3.87. The average Bonchev–Trinajstić information content (AvgIpc) is 2.42. The van der Waals surface area contributed by atoms with Gasteiger partial charge in [0.15, 0.2) is 5.75 Å². The third-order valence-electron chi connectivity index (χ3n) is 2.58. The quantitative estimate of drug-likeness (QED) is 0.635. The molecule has 1 rings (SSSR count). The Labute approximate surface area is 115 Å². The van der Waals surface area contributed by atoms with Crippen molar-refractivity contribution in [3.05, 3.63) is 17.8 Å². The van der Waals surface area contributed by atoms with E-state index in [0.29, 0.717) is 24.8 Å². The summed E-state index contributed by atoms with van der Waals surface area (Å²) in [6, 6.07) is 1.88. The molecule has 0 amide bonds. The molecule has 0 N–H and O–H groups in total. The second kappa shape index (κ2) is 9.36. The van der Waals surface area contributed by atoms with Crippen molar-refractivity contribution in [2.45, 2.75) is 46.5 Å². The van der Waals surface area contributed by atoms with Gasteiger partial charge in [-0.1, -0.05) is 32.8 Å². The predicted molar refractivity (Wildman–Crippen MR) is 77.5 cm³/mol. The third-order valence-corrected chi connectivity index (χ3v) is 2.58. The molecule has 1 aromatic heterocycles. The van der Waals surface area contributed by atoms with Gasteiger partial charge in [-0.2, -0.15) is 0 Å². The smallest absolute Gasteiger partial charge is 0.276 e. The van der Waals surface area contributed by atoms with Crippen molar-refractivity contribution < 1.29 is 9.47 Å². The van der Waals surface area contributed by atoms with Crippen molar-refractivity contribution in [2.75, 3.05) is 13.2 Å². The first-order chi connectivity index (χ1) is 9.31. The van der Waals surface area contributed by atoms with Crippen LogP contribution in [0, 0.1) is 0 Å². The molecule has 0 saturated carbocycles. The van der Waals surface area contributed by atoms with E-state index in [0.717, 1.165) is 31.4 Å². The lowest BCUT2D eigenvalue weighted by Gasteiger charge is -2.11. The van der Waals surface area contributed by atoms with Crippen molar-refractivity contribution in [2.24, 2.45) is 0 Å². The maximum absolute atomic E-state index is 5.73. The van der Waals surface area contributed by atoms with E-state index in [9.17, 15) is 0 Å². The van der Waals surface area contributed by atoms with Crippen LogP contribution in [0.4, 0.5) is 0 Å². The number of rotatable bonds is 9. The van der Waals surface area contributed by atoms with Crippen molar-refractivity contribution in [1.29, 1.82) is 0 Å². The zero-order valence-electron chi connectivity index (χ0n) is 12.2. The fourth-order valence-corrected chi connectivity index (χ4v) is 1.47. The summed E-state index contributed by atoms with van der Waals surface area (Å²) in [5.74, 6) is 1.19. The molecular weight excluding hydrogens is 240 g/mol. The van der Waals surface area contributed by atoms with Gasteiger partial charge in [-0.15, -0.1) is 10.2 Å². The van der Waals surface area contributed by atoms with Gasteiger partial charge in [-0.3, -0.25) is 0 Å². The van der Waals surface area contributed by atoms with Gasteiger partial charge in [0.05, 0.1) is 18.9 Å². The fourth-order valence-electron chi connectivity index (χ4n) is 1.47. The Bertz CT molecular complexity index is 392. The van der Waals surface area contributed by atoms with Crippen LogP contribution < -0.4 is 9.47 Å². The summed E-state index contributed by atoms with van der Waals surface area (Å²) in [6.07, 6.45) is 8.05. The normalized spacial score (nSPS) is 10.9. The number of unbranched alkanes of at least 4 members (excludes halogenated alkanes) is 2. The summed E-state index contributed by atoms with van der Waals surface area (Å²) in [5.41, 5.74) is 0.789. The topological polar surface area (TPSA) is 44.2 Å². The molecule has 0 aliphatic carbocycles. The SMILES string of the molecule is C/C=C/c1cc(OCCCC)c(OCCCC)nn1. The fraction of sp³-hybridized carbons (Fsp3) is 0.600. The Morgan fingerprint density at radius 1 is 1.05 bits per heavy atom. The summed E-state index contributed by atoms with van der Waals surface area (Å²) >= 11 is 0. The molecule has 0 aliphatic heterocycles. The van der Waals surface area contributed by atoms with E-state index in [1.807, 2.05) is 25.1 Å². The van der Waals surface area contributed by atoms with Crippen molar-refractivity contribution in [3.8, 4) is 11.6 Å². The standard InChI is InChI=1S/C15H24N2O2/c1-4-7-10-18-14-12-13(9-6-3)16-17-15(14)19-11-8-5-2/h6,9,12H,4-5,7-8,10-11H2,1-3H3/b9-6+. The molecule has 0 fully saturated rings. The highest BCUT2D eigenvalue weighted by Gasteiger charge is 2.09. The Morgan fingerprint density at radius 2 is 1.74 bits per heavy atom. The Balaban J connectivity index is 2.74. The first-order valence-corrected chi connectivity index (χ1v) is 7.07. The summed E-state index contributed by atoms with van der Waals surface area (Å²) in [5, 5.41) is 8.19. The summed E-state index contributed by atoms with van der Waals surface area (Å²) < 4.78 is 11.4. The molecule has 1 aromatic rings. The summed E-state index contributed by atoms with van der Waals surface area (Å²) in [6.45, 7) is 7.55. The van der Waals surface area contributed by atoms with Crippen molar-refractivity contribution in [3.63, 3.8) is 0 Å². The second-order valence-corrected chi connectivity index (χ2v) is 4.34. The van der Waals surface area contributed by atoms with Crippen LogP contribution in [0.15, 0.2) is 12.1 Å². The molecule has 4 nitrogen and oxygen atoms in total. The van der Waals surface area contributed by atoms with Gasteiger partial charge >= 0.3 is 0 Å². The lowest BCUT2D eigenvalue weighted by atomic mass is 10.3. The molecule has 0 radical (unpaired) electrons. The lowest BCUT2D eigenvalue weighted by molar-refractivity contribution is 0.250. The number of allylic oxidation sites excluding steroid dienone is 1. The molecule has 1 heterocycles. The van der Waals surface area contributed by atoms with Crippen LogP contribution in [-0.2, 0) is 0 Å². The third kappa shape index (κ3) is 5.73. The van der Waals surface area contributed by atoms with Gasteiger partial charge < -0.3 is 9.47 Å². The highest BCUT2D eigenvalue weighted by molar-refractivity contribution is 5.48. The van der Waals surface area contributed by atoms with Crippen LogP contribution in [0.5, 0.6) is 11.6 Å². The van der Waals surface area contributed by atoms with Crippen LogP contribution >= 0.6 is 0 Å². The van der Waals surface area contributed by atoms with E-state index in [1.165, 1.54) is 0 Å². The molecular formula is C15H24N2O2.